The molecule has 0 spiro atoms. The van der Waals surface area contributed by atoms with Crippen molar-refractivity contribution in [2.75, 3.05) is 0 Å². The fourth-order valence-electron chi connectivity index (χ4n) is 1.34. The van der Waals surface area contributed by atoms with Crippen molar-refractivity contribution in [2.24, 2.45) is 0 Å². The van der Waals surface area contributed by atoms with Crippen molar-refractivity contribution < 1.29 is 0 Å². The molecule has 1 aromatic heterocycles. The van der Waals surface area contributed by atoms with Gasteiger partial charge < -0.3 is 4.57 Å². The van der Waals surface area contributed by atoms with Crippen LogP contribution in [0.3, 0.4) is 0 Å². The summed E-state index contributed by atoms with van der Waals surface area (Å²) in [6.07, 6.45) is 4.11. The largest absolute Gasteiger partial charge is 0.350 e. The monoisotopic (exact) mass is 317 g/mol. The van der Waals surface area contributed by atoms with Gasteiger partial charge >= 0.3 is 0 Å². The summed E-state index contributed by atoms with van der Waals surface area (Å²) in [5.41, 5.74) is 1.26. The summed E-state index contributed by atoms with van der Waals surface area (Å²) in [6, 6.07) is 10.0. The number of aromatic nitrogens is 1. The standard InChI is InChI=1S/C11H9ClIN/c12-10-3-4-11(13)9(7-10)8-14-5-1-2-6-14/h1-7H,8H2. The Balaban J connectivity index is 2.28. The fraction of sp³-hybridized carbons (Fsp3) is 0.0909. The summed E-state index contributed by atoms with van der Waals surface area (Å²) < 4.78 is 3.38. The topological polar surface area (TPSA) is 4.93 Å². The molecule has 0 atom stereocenters. The minimum Gasteiger partial charge on any atom is -0.350 e. The van der Waals surface area contributed by atoms with Crippen LogP contribution in [0.4, 0.5) is 0 Å². The van der Waals surface area contributed by atoms with Crippen molar-refractivity contribution in [1.29, 1.82) is 0 Å². The lowest BCUT2D eigenvalue weighted by molar-refractivity contribution is 0.802. The molecule has 72 valence electrons. The van der Waals surface area contributed by atoms with E-state index in [1.165, 1.54) is 9.13 Å². The molecule has 1 nitrogen and oxygen atoms in total. The summed E-state index contributed by atoms with van der Waals surface area (Å²) in [5.74, 6) is 0. The van der Waals surface area contributed by atoms with Gasteiger partial charge in [0.2, 0.25) is 0 Å². The van der Waals surface area contributed by atoms with Crippen LogP contribution in [-0.4, -0.2) is 4.57 Å². The molecular formula is C11H9ClIN. The molecule has 2 rings (SSSR count). The van der Waals surface area contributed by atoms with E-state index in [4.69, 9.17) is 11.6 Å². The maximum Gasteiger partial charge on any atom is 0.0481 e. The Morgan fingerprint density at radius 3 is 2.64 bits per heavy atom. The van der Waals surface area contributed by atoms with E-state index in [-0.39, 0.29) is 0 Å². The van der Waals surface area contributed by atoms with E-state index in [1.807, 2.05) is 30.3 Å². The maximum absolute atomic E-state index is 5.94. The summed E-state index contributed by atoms with van der Waals surface area (Å²) in [5, 5.41) is 0.799. The minimum atomic E-state index is 0.799. The van der Waals surface area contributed by atoms with Crippen LogP contribution in [0.25, 0.3) is 0 Å². The van der Waals surface area contributed by atoms with Crippen LogP contribution in [-0.2, 0) is 6.54 Å². The zero-order valence-electron chi connectivity index (χ0n) is 7.45. The SMILES string of the molecule is Clc1ccc(I)c(Cn2cccc2)c1. The fourth-order valence-corrected chi connectivity index (χ4v) is 2.04. The van der Waals surface area contributed by atoms with Crippen molar-refractivity contribution in [3.8, 4) is 0 Å². The number of hydrogen-bond donors (Lipinski definition) is 0. The number of nitrogens with zero attached hydrogens (tertiary/aromatic N) is 1. The molecule has 3 heteroatoms. The first-order valence-corrected chi connectivity index (χ1v) is 5.76. The average Bonchev–Trinajstić information content (AvgIpc) is 2.64. The van der Waals surface area contributed by atoms with Gasteiger partial charge in [-0.25, -0.2) is 0 Å². The molecule has 0 fully saturated rings. The predicted molar refractivity (Wildman–Crippen MR) is 67.7 cm³/mol. The van der Waals surface area contributed by atoms with E-state index in [1.54, 1.807) is 0 Å². The molecule has 0 aliphatic rings. The van der Waals surface area contributed by atoms with Crippen LogP contribution in [0.2, 0.25) is 5.02 Å². The van der Waals surface area contributed by atoms with Crippen LogP contribution in [0.5, 0.6) is 0 Å². The van der Waals surface area contributed by atoms with E-state index in [0.29, 0.717) is 0 Å². The van der Waals surface area contributed by atoms with E-state index in [2.05, 4.69) is 39.6 Å². The van der Waals surface area contributed by atoms with Gasteiger partial charge in [-0.15, -0.1) is 0 Å². The smallest absolute Gasteiger partial charge is 0.0481 e. The minimum absolute atomic E-state index is 0.799. The Labute approximate surface area is 102 Å². The Morgan fingerprint density at radius 1 is 1.21 bits per heavy atom. The summed E-state index contributed by atoms with van der Waals surface area (Å²) in [6.45, 7) is 0.881. The molecule has 2 aromatic rings. The van der Waals surface area contributed by atoms with Crippen LogP contribution in [0.1, 0.15) is 5.56 Å². The number of halogens is 2. The third kappa shape index (κ3) is 2.30. The molecule has 1 heterocycles. The second kappa shape index (κ2) is 4.36. The Bertz CT molecular complexity index is 423. The zero-order chi connectivity index (χ0) is 9.97. The van der Waals surface area contributed by atoms with E-state index in [9.17, 15) is 0 Å². The number of rotatable bonds is 2. The lowest BCUT2D eigenvalue weighted by Crippen LogP contribution is -1.98. The second-order valence-electron chi connectivity index (χ2n) is 3.09. The summed E-state index contributed by atoms with van der Waals surface area (Å²) in [7, 11) is 0. The van der Waals surface area contributed by atoms with Gasteiger partial charge in [0.05, 0.1) is 0 Å². The van der Waals surface area contributed by atoms with Gasteiger partial charge in [-0.3, -0.25) is 0 Å². The zero-order valence-corrected chi connectivity index (χ0v) is 10.4. The van der Waals surface area contributed by atoms with Gasteiger partial charge in [0.25, 0.3) is 0 Å². The highest BCUT2D eigenvalue weighted by atomic mass is 127. The lowest BCUT2D eigenvalue weighted by atomic mass is 10.2. The summed E-state index contributed by atoms with van der Waals surface area (Å²) in [4.78, 5) is 0. The Hall–Kier alpha value is -0.480. The first kappa shape index (κ1) is 10.1. The van der Waals surface area contributed by atoms with Gasteiger partial charge in [-0.1, -0.05) is 11.6 Å². The third-order valence-corrected chi connectivity index (χ3v) is 3.31. The van der Waals surface area contributed by atoms with Crippen LogP contribution in [0.15, 0.2) is 42.7 Å². The first-order chi connectivity index (χ1) is 6.75. The molecule has 0 aliphatic carbocycles. The lowest BCUT2D eigenvalue weighted by Gasteiger charge is -2.06. The molecule has 0 amide bonds. The second-order valence-corrected chi connectivity index (χ2v) is 4.69. The van der Waals surface area contributed by atoms with Gasteiger partial charge in [-0.05, 0) is 58.5 Å². The van der Waals surface area contributed by atoms with Gasteiger partial charge in [-0.2, -0.15) is 0 Å². The Morgan fingerprint density at radius 2 is 1.93 bits per heavy atom. The maximum atomic E-state index is 5.94. The van der Waals surface area contributed by atoms with Crippen molar-refractivity contribution in [3.05, 3.63) is 56.9 Å². The highest BCUT2D eigenvalue weighted by Crippen LogP contribution is 2.18. The molecule has 0 unspecified atom stereocenters. The molecule has 0 saturated heterocycles. The van der Waals surface area contributed by atoms with Crippen molar-refractivity contribution in [3.63, 3.8) is 0 Å². The molecule has 0 radical (unpaired) electrons. The first-order valence-electron chi connectivity index (χ1n) is 4.30. The molecule has 0 N–H and O–H groups in total. The molecule has 1 aromatic carbocycles. The van der Waals surface area contributed by atoms with Crippen molar-refractivity contribution in [2.45, 2.75) is 6.54 Å². The normalized spacial score (nSPS) is 10.4. The Kier molecular flexibility index (Phi) is 3.13. The van der Waals surface area contributed by atoms with Gasteiger partial charge in [0.1, 0.15) is 0 Å². The third-order valence-electron chi connectivity index (χ3n) is 2.03. The molecule has 0 aliphatic heterocycles. The predicted octanol–water partition coefficient (Wildman–Crippen LogP) is 3.79. The van der Waals surface area contributed by atoms with Crippen LogP contribution in [0, 0.1) is 3.57 Å². The quantitative estimate of drug-likeness (QED) is 0.743. The highest BCUT2D eigenvalue weighted by molar-refractivity contribution is 14.1. The summed E-state index contributed by atoms with van der Waals surface area (Å²) >= 11 is 8.27. The average molecular weight is 318 g/mol. The molecular weight excluding hydrogens is 308 g/mol. The van der Waals surface area contributed by atoms with Crippen molar-refractivity contribution >= 4 is 34.2 Å². The van der Waals surface area contributed by atoms with Crippen LogP contribution >= 0.6 is 34.2 Å². The molecule has 14 heavy (non-hydrogen) atoms. The number of hydrogen-bond acceptors (Lipinski definition) is 0. The van der Waals surface area contributed by atoms with E-state index >= 15 is 0 Å². The molecule has 0 bridgehead atoms. The van der Waals surface area contributed by atoms with E-state index < -0.39 is 0 Å². The van der Waals surface area contributed by atoms with Gasteiger partial charge in [0, 0.05) is 27.5 Å². The van der Waals surface area contributed by atoms with Crippen molar-refractivity contribution in [1.82, 2.24) is 4.57 Å². The van der Waals surface area contributed by atoms with Crippen LogP contribution < -0.4 is 0 Å². The van der Waals surface area contributed by atoms with Gasteiger partial charge in [0.15, 0.2) is 0 Å². The van der Waals surface area contributed by atoms with E-state index in [0.717, 1.165) is 11.6 Å². The highest BCUT2D eigenvalue weighted by Gasteiger charge is 2.00. The number of benzene rings is 1. The molecule has 0 saturated carbocycles.